The molecular weight excluding hydrogens is 322 g/mol. The van der Waals surface area contributed by atoms with E-state index in [4.69, 9.17) is 0 Å². The average Bonchev–Trinajstić information content (AvgIpc) is 2.54. The van der Waals surface area contributed by atoms with E-state index < -0.39 is 21.0 Å². The minimum Gasteiger partial charge on any atom is -0.355 e. The molecule has 0 aliphatic carbocycles. The fraction of sp³-hybridized carbons (Fsp3) is 0.316. The van der Waals surface area contributed by atoms with Gasteiger partial charge in [-0.05, 0) is 44.4 Å². The van der Waals surface area contributed by atoms with Gasteiger partial charge < -0.3 is 5.32 Å². The molecule has 0 aliphatic rings. The Morgan fingerprint density at radius 3 is 2.38 bits per heavy atom. The zero-order valence-corrected chi connectivity index (χ0v) is 15.1. The van der Waals surface area contributed by atoms with E-state index >= 15 is 0 Å². The summed E-state index contributed by atoms with van der Waals surface area (Å²) in [5.41, 5.74) is 2.76. The number of carbonyl (C=O) groups excluding carboxylic acids is 1. The van der Waals surface area contributed by atoms with Crippen molar-refractivity contribution in [1.29, 1.82) is 0 Å². The minimum absolute atomic E-state index is 0.221. The topological polar surface area (TPSA) is 63.2 Å². The molecule has 1 unspecified atom stereocenters. The summed E-state index contributed by atoms with van der Waals surface area (Å²) < 4.78 is 25.4. The van der Waals surface area contributed by atoms with Crippen LogP contribution in [0.2, 0.25) is 0 Å². The third-order valence-corrected chi connectivity index (χ3v) is 6.24. The summed E-state index contributed by atoms with van der Waals surface area (Å²) in [5.74, 6) is -0.467. The van der Waals surface area contributed by atoms with Crippen molar-refractivity contribution < 1.29 is 13.2 Å². The average molecular weight is 345 g/mol. The number of sulfone groups is 1. The van der Waals surface area contributed by atoms with E-state index in [9.17, 15) is 13.2 Å². The molecule has 0 radical (unpaired) electrons. The van der Waals surface area contributed by atoms with Gasteiger partial charge in [-0.3, -0.25) is 4.79 Å². The van der Waals surface area contributed by atoms with E-state index in [-0.39, 0.29) is 4.90 Å². The van der Waals surface area contributed by atoms with Crippen LogP contribution in [0.1, 0.15) is 23.6 Å². The van der Waals surface area contributed by atoms with Crippen LogP contribution in [0.5, 0.6) is 0 Å². The van der Waals surface area contributed by atoms with E-state index in [0.717, 1.165) is 11.1 Å². The maximum absolute atomic E-state index is 12.7. The molecule has 24 heavy (non-hydrogen) atoms. The van der Waals surface area contributed by atoms with Crippen LogP contribution in [-0.2, 0) is 21.1 Å². The maximum atomic E-state index is 12.7. The highest BCUT2D eigenvalue weighted by Crippen LogP contribution is 2.21. The van der Waals surface area contributed by atoms with E-state index in [1.165, 1.54) is 6.92 Å². The van der Waals surface area contributed by atoms with Crippen LogP contribution in [0.15, 0.2) is 53.4 Å². The third-order valence-electron chi connectivity index (χ3n) is 4.03. The number of aryl methyl sites for hydroxylation is 2. The molecule has 1 atom stereocenters. The fourth-order valence-corrected chi connectivity index (χ4v) is 4.08. The standard InChI is InChI=1S/C19H23NO3S/c1-14-9-10-18(15(2)13-14)24(22,23)16(3)19(21)20-12-11-17-7-5-4-6-8-17/h4-10,13,16H,11-12H2,1-3H3,(H,20,21). The van der Waals surface area contributed by atoms with Gasteiger partial charge >= 0.3 is 0 Å². The van der Waals surface area contributed by atoms with Gasteiger partial charge in [0, 0.05) is 6.54 Å². The molecule has 1 amide bonds. The van der Waals surface area contributed by atoms with Crippen molar-refractivity contribution in [2.24, 2.45) is 0 Å². The Bertz CT molecular complexity index is 814. The molecule has 0 bridgehead atoms. The molecule has 5 heteroatoms. The quantitative estimate of drug-likeness (QED) is 0.876. The first-order valence-corrected chi connectivity index (χ1v) is 9.50. The number of hydrogen-bond acceptors (Lipinski definition) is 3. The van der Waals surface area contributed by atoms with Gasteiger partial charge in [-0.2, -0.15) is 0 Å². The molecule has 0 fully saturated rings. The van der Waals surface area contributed by atoms with Gasteiger partial charge in [-0.25, -0.2) is 8.42 Å². The number of rotatable bonds is 6. The highest BCUT2D eigenvalue weighted by molar-refractivity contribution is 7.92. The monoisotopic (exact) mass is 345 g/mol. The summed E-state index contributed by atoms with van der Waals surface area (Å²) in [5, 5.41) is 1.60. The number of hydrogen-bond donors (Lipinski definition) is 1. The Hall–Kier alpha value is -2.14. The lowest BCUT2D eigenvalue weighted by molar-refractivity contribution is -0.120. The Labute approximate surface area is 143 Å². The zero-order chi connectivity index (χ0) is 17.7. The molecule has 0 saturated heterocycles. The molecule has 2 aromatic rings. The molecule has 2 rings (SSSR count). The summed E-state index contributed by atoms with van der Waals surface area (Å²) in [6.07, 6.45) is 0.670. The van der Waals surface area contributed by atoms with E-state index in [1.807, 2.05) is 43.3 Å². The normalized spacial score (nSPS) is 12.6. The third kappa shape index (κ3) is 4.23. The Balaban J connectivity index is 2.03. The SMILES string of the molecule is Cc1ccc(S(=O)(=O)C(C)C(=O)NCCc2ccccc2)c(C)c1. The Morgan fingerprint density at radius 1 is 1.08 bits per heavy atom. The van der Waals surface area contributed by atoms with Gasteiger partial charge in [0.15, 0.2) is 9.84 Å². The molecule has 1 N–H and O–H groups in total. The lowest BCUT2D eigenvalue weighted by Gasteiger charge is -2.15. The van der Waals surface area contributed by atoms with Crippen LogP contribution in [-0.4, -0.2) is 26.1 Å². The van der Waals surface area contributed by atoms with Crippen molar-refractivity contribution in [3.8, 4) is 0 Å². The summed E-state index contributed by atoms with van der Waals surface area (Å²) >= 11 is 0. The van der Waals surface area contributed by atoms with Crippen molar-refractivity contribution in [3.63, 3.8) is 0 Å². The van der Waals surface area contributed by atoms with Gasteiger partial charge in [-0.1, -0.05) is 48.0 Å². The molecule has 4 nitrogen and oxygen atoms in total. The first-order valence-electron chi connectivity index (χ1n) is 7.95. The molecule has 0 aromatic heterocycles. The predicted molar refractivity (Wildman–Crippen MR) is 95.7 cm³/mol. The number of nitrogens with one attached hydrogen (secondary N) is 1. The highest BCUT2D eigenvalue weighted by atomic mass is 32.2. The van der Waals surface area contributed by atoms with Crippen molar-refractivity contribution in [3.05, 3.63) is 65.2 Å². The number of amides is 1. The molecule has 0 saturated carbocycles. The lowest BCUT2D eigenvalue weighted by atomic mass is 10.1. The van der Waals surface area contributed by atoms with Crippen LogP contribution in [0.3, 0.4) is 0 Å². The van der Waals surface area contributed by atoms with Crippen LogP contribution in [0, 0.1) is 13.8 Å². The van der Waals surface area contributed by atoms with E-state index in [1.54, 1.807) is 19.1 Å². The second kappa shape index (κ2) is 7.62. The second-order valence-electron chi connectivity index (χ2n) is 5.98. The summed E-state index contributed by atoms with van der Waals surface area (Å²) in [6.45, 7) is 5.51. The van der Waals surface area contributed by atoms with Gasteiger partial charge in [0.25, 0.3) is 0 Å². The van der Waals surface area contributed by atoms with Crippen LogP contribution < -0.4 is 5.32 Å². The highest BCUT2D eigenvalue weighted by Gasteiger charge is 2.30. The van der Waals surface area contributed by atoms with Gasteiger partial charge in [-0.15, -0.1) is 0 Å². The maximum Gasteiger partial charge on any atom is 0.238 e. The molecule has 0 spiro atoms. The first kappa shape index (κ1) is 18.2. The Kier molecular flexibility index (Phi) is 5.78. The van der Waals surface area contributed by atoms with Crippen LogP contribution in [0.4, 0.5) is 0 Å². The molecule has 0 heterocycles. The van der Waals surface area contributed by atoms with Gasteiger partial charge in [0.05, 0.1) is 4.90 Å². The first-order chi connectivity index (χ1) is 11.3. The fourth-order valence-electron chi connectivity index (χ4n) is 2.57. The van der Waals surface area contributed by atoms with Crippen molar-refractivity contribution in [2.45, 2.75) is 37.3 Å². The second-order valence-corrected chi connectivity index (χ2v) is 8.22. The largest absolute Gasteiger partial charge is 0.355 e. The predicted octanol–water partition coefficient (Wildman–Crippen LogP) is 2.82. The minimum atomic E-state index is -3.69. The summed E-state index contributed by atoms with van der Waals surface area (Å²) in [4.78, 5) is 12.5. The zero-order valence-electron chi connectivity index (χ0n) is 14.2. The molecule has 0 aliphatic heterocycles. The molecule has 128 valence electrons. The van der Waals surface area contributed by atoms with Gasteiger partial charge in [0.1, 0.15) is 5.25 Å². The van der Waals surface area contributed by atoms with Crippen LogP contribution in [0.25, 0.3) is 0 Å². The molecule has 2 aromatic carbocycles. The van der Waals surface area contributed by atoms with Crippen molar-refractivity contribution in [1.82, 2.24) is 5.32 Å². The number of benzene rings is 2. The summed E-state index contributed by atoms with van der Waals surface area (Å²) in [6, 6.07) is 14.9. The lowest BCUT2D eigenvalue weighted by Crippen LogP contribution is -2.39. The smallest absolute Gasteiger partial charge is 0.238 e. The van der Waals surface area contributed by atoms with Crippen LogP contribution >= 0.6 is 0 Å². The van der Waals surface area contributed by atoms with Crippen molar-refractivity contribution >= 4 is 15.7 Å². The van der Waals surface area contributed by atoms with E-state index in [0.29, 0.717) is 18.5 Å². The van der Waals surface area contributed by atoms with E-state index in [2.05, 4.69) is 5.32 Å². The molecular formula is C19H23NO3S. The summed E-state index contributed by atoms with van der Waals surface area (Å²) in [7, 11) is -3.69. The number of carbonyl (C=O) groups is 1. The Morgan fingerprint density at radius 2 is 1.75 bits per heavy atom. The van der Waals surface area contributed by atoms with Gasteiger partial charge in [0.2, 0.25) is 5.91 Å². The van der Waals surface area contributed by atoms with Crippen molar-refractivity contribution in [2.75, 3.05) is 6.54 Å².